The predicted molar refractivity (Wildman–Crippen MR) is 54.9 cm³/mol. The smallest absolute Gasteiger partial charge is 0.309 e. The van der Waals surface area contributed by atoms with Gasteiger partial charge < -0.3 is 14.9 Å². The van der Waals surface area contributed by atoms with Crippen LogP contribution in [0.3, 0.4) is 0 Å². The molecule has 1 heterocycles. The highest BCUT2D eigenvalue weighted by atomic mass is 16.5. The van der Waals surface area contributed by atoms with Gasteiger partial charge in [-0.15, -0.1) is 0 Å². The summed E-state index contributed by atoms with van der Waals surface area (Å²) in [5, 5.41) is 14.9. The fourth-order valence-electron chi connectivity index (χ4n) is 1.02. The molecule has 1 rings (SSSR count). The molecule has 1 aromatic heterocycles. The molecule has 16 heavy (non-hydrogen) atoms. The monoisotopic (exact) mass is 226 g/mol. The Morgan fingerprint density at radius 3 is 2.75 bits per heavy atom. The lowest BCUT2D eigenvalue weighted by atomic mass is 9.90. The van der Waals surface area contributed by atoms with Crippen molar-refractivity contribution in [3.63, 3.8) is 0 Å². The van der Waals surface area contributed by atoms with Crippen LogP contribution in [-0.4, -0.2) is 28.7 Å². The van der Waals surface area contributed by atoms with E-state index in [1.165, 1.54) is 12.3 Å². The SMILES string of the molecule is CC(C)(CCNC(=O)c1ccon1)C(=O)O. The van der Waals surface area contributed by atoms with Crippen LogP contribution in [0.4, 0.5) is 0 Å². The number of hydrogen-bond acceptors (Lipinski definition) is 4. The number of aromatic nitrogens is 1. The van der Waals surface area contributed by atoms with Crippen molar-refractivity contribution < 1.29 is 19.2 Å². The summed E-state index contributed by atoms with van der Waals surface area (Å²) in [6, 6.07) is 1.44. The van der Waals surface area contributed by atoms with E-state index in [4.69, 9.17) is 5.11 Å². The topological polar surface area (TPSA) is 92.4 Å². The van der Waals surface area contributed by atoms with Gasteiger partial charge in [-0.1, -0.05) is 5.16 Å². The van der Waals surface area contributed by atoms with E-state index in [1.54, 1.807) is 13.8 Å². The second-order valence-electron chi connectivity index (χ2n) is 4.08. The maximum Gasteiger partial charge on any atom is 0.309 e. The van der Waals surface area contributed by atoms with Crippen molar-refractivity contribution >= 4 is 11.9 Å². The number of carbonyl (C=O) groups excluding carboxylic acids is 1. The molecular formula is C10H14N2O4. The average molecular weight is 226 g/mol. The molecule has 0 atom stereocenters. The van der Waals surface area contributed by atoms with Gasteiger partial charge in [-0.05, 0) is 20.3 Å². The third-order valence-electron chi connectivity index (χ3n) is 2.28. The van der Waals surface area contributed by atoms with Crippen LogP contribution in [0.25, 0.3) is 0 Å². The van der Waals surface area contributed by atoms with Crippen LogP contribution in [0.1, 0.15) is 30.8 Å². The standard InChI is InChI=1S/C10H14N2O4/c1-10(2,9(14)15)4-5-11-8(13)7-3-6-16-12-7/h3,6H,4-5H2,1-2H3,(H,11,13)(H,14,15). The third kappa shape index (κ3) is 3.08. The van der Waals surface area contributed by atoms with Crippen molar-refractivity contribution in [3.05, 3.63) is 18.0 Å². The zero-order valence-electron chi connectivity index (χ0n) is 9.19. The quantitative estimate of drug-likeness (QED) is 0.778. The predicted octanol–water partition coefficient (Wildman–Crippen LogP) is 0.905. The highest BCUT2D eigenvalue weighted by Gasteiger charge is 2.26. The van der Waals surface area contributed by atoms with E-state index >= 15 is 0 Å². The van der Waals surface area contributed by atoms with Crippen molar-refractivity contribution in [2.24, 2.45) is 5.41 Å². The van der Waals surface area contributed by atoms with Gasteiger partial charge in [0.2, 0.25) is 0 Å². The number of carboxylic acids is 1. The zero-order chi connectivity index (χ0) is 12.2. The number of hydrogen-bond donors (Lipinski definition) is 2. The van der Waals surface area contributed by atoms with Gasteiger partial charge in [-0.3, -0.25) is 9.59 Å². The highest BCUT2D eigenvalue weighted by Crippen LogP contribution is 2.19. The Morgan fingerprint density at radius 2 is 2.25 bits per heavy atom. The van der Waals surface area contributed by atoms with E-state index in [2.05, 4.69) is 15.0 Å². The van der Waals surface area contributed by atoms with E-state index in [-0.39, 0.29) is 18.1 Å². The molecule has 0 aromatic carbocycles. The first-order valence-electron chi connectivity index (χ1n) is 4.85. The summed E-state index contributed by atoms with van der Waals surface area (Å²) < 4.78 is 4.52. The van der Waals surface area contributed by atoms with Crippen LogP contribution in [0.5, 0.6) is 0 Å². The summed E-state index contributed by atoms with van der Waals surface area (Å²) in [6.07, 6.45) is 1.65. The molecular weight excluding hydrogens is 212 g/mol. The van der Waals surface area contributed by atoms with Gasteiger partial charge in [0.1, 0.15) is 6.26 Å². The summed E-state index contributed by atoms with van der Waals surface area (Å²) in [6.45, 7) is 3.50. The van der Waals surface area contributed by atoms with E-state index in [9.17, 15) is 9.59 Å². The van der Waals surface area contributed by atoms with Crippen LogP contribution < -0.4 is 5.32 Å². The lowest BCUT2D eigenvalue weighted by molar-refractivity contribution is -0.147. The molecule has 0 aliphatic rings. The molecule has 88 valence electrons. The molecule has 1 aromatic rings. The van der Waals surface area contributed by atoms with Gasteiger partial charge >= 0.3 is 5.97 Å². The Bertz CT molecular complexity index is 370. The molecule has 6 nitrogen and oxygen atoms in total. The summed E-state index contributed by atoms with van der Waals surface area (Å²) in [7, 11) is 0. The minimum Gasteiger partial charge on any atom is -0.481 e. The van der Waals surface area contributed by atoms with Gasteiger partial charge in [0.15, 0.2) is 5.69 Å². The molecule has 6 heteroatoms. The van der Waals surface area contributed by atoms with Crippen LogP contribution in [0, 0.1) is 5.41 Å². The van der Waals surface area contributed by atoms with Crippen molar-refractivity contribution in [1.82, 2.24) is 10.5 Å². The molecule has 0 saturated heterocycles. The number of rotatable bonds is 5. The molecule has 0 spiro atoms. The van der Waals surface area contributed by atoms with Gasteiger partial charge in [0, 0.05) is 12.6 Å². The summed E-state index contributed by atoms with van der Waals surface area (Å²) >= 11 is 0. The Kier molecular flexibility index (Phi) is 3.65. The van der Waals surface area contributed by atoms with Crippen molar-refractivity contribution in [2.75, 3.05) is 6.54 Å². The van der Waals surface area contributed by atoms with Crippen LogP contribution in [0.2, 0.25) is 0 Å². The molecule has 2 N–H and O–H groups in total. The summed E-state index contributed by atoms with van der Waals surface area (Å²) in [5.41, 5.74) is -0.662. The Labute approximate surface area is 92.6 Å². The largest absolute Gasteiger partial charge is 0.481 e. The first-order chi connectivity index (χ1) is 7.43. The van der Waals surface area contributed by atoms with Crippen molar-refractivity contribution in [2.45, 2.75) is 20.3 Å². The maximum absolute atomic E-state index is 11.4. The van der Waals surface area contributed by atoms with E-state index in [1.807, 2.05) is 0 Å². The number of carboxylic acid groups (broad SMARTS) is 1. The molecule has 0 bridgehead atoms. The molecule has 0 aliphatic carbocycles. The van der Waals surface area contributed by atoms with Crippen LogP contribution in [0.15, 0.2) is 16.9 Å². The minimum absolute atomic E-state index is 0.188. The number of aliphatic carboxylic acids is 1. The first kappa shape index (κ1) is 12.2. The molecule has 0 saturated carbocycles. The van der Waals surface area contributed by atoms with Crippen LogP contribution >= 0.6 is 0 Å². The normalized spacial score (nSPS) is 11.1. The van der Waals surface area contributed by atoms with Crippen LogP contribution in [-0.2, 0) is 4.79 Å². The number of nitrogens with one attached hydrogen (secondary N) is 1. The molecule has 1 amide bonds. The number of carbonyl (C=O) groups is 2. The fraction of sp³-hybridized carbons (Fsp3) is 0.500. The molecule has 0 radical (unpaired) electrons. The van der Waals surface area contributed by atoms with Gasteiger partial charge in [0.05, 0.1) is 5.41 Å². The average Bonchev–Trinajstić information content (AvgIpc) is 2.69. The summed E-state index contributed by atoms with van der Waals surface area (Å²) in [5.74, 6) is -1.25. The van der Waals surface area contributed by atoms with Gasteiger partial charge in [-0.25, -0.2) is 0 Å². The number of nitrogens with zero attached hydrogens (tertiary/aromatic N) is 1. The van der Waals surface area contributed by atoms with Crippen molar-refractivity contribution in [3.8, 4) is 0 Å². The Morgan fingerprint density at radius 1 is 1.56 bits per heavy atom. The summed E-state index contributed by atoms with van der Waals surface area (Å²) in [4.78, 5) is 22.2. The second kappa shape index (κ2) is 4.78. The first-order valence-corrected chi connectivity index (χ1v) is 4.85. The van der Waals surface area contributed by atoms with E-state index in [0.29, 0.717) is 6.42 Å². The van der Waals surface area contributed by atoms with Crippen molar-refractivity contribution in [1.29, 1.82) is 0 Å². The van der Waals surface area contributed by atoms with Gasteiger partial charge in [-0.2, -0.15) is 0 Å². The fourth-order valence-corrected chi connectivity index (χ4v) is 1.02. The highest BCUT2D eigenvalue weighted by molar-refractivity contribution is 5.91. The molecule has 0 unspecified atom stereocenters. The minimum atomic E-state index is -0.886. The maximum atomic E-state index is 11.4. The Hall–Kier alpha value is -1.85. The molecule has 0 aliphatic heterocycles. The molecule has 0 fully saturated rings. The lowest BCUT2D eigenvalue weighted by Gasteiger charge is -2.18. The second-order valence-corrected chi connectivity index (χ2v) is 4.08. The van der Waals surface area contributed by atoms with Gasteiger partial charge in [0.25, 0.3) is 5.91 Å². The third-order valence-corrected chi connectivity index (χ3v) is 2.28. The lowest BCUT2D eigenvalue weighted by Crippen LogP contribution is -2.32. The zero-order valence-corrected chi connectivity index (χ0v) is 9.19. The Balaban J connectivity index is 2.37. The van der Waals surface area contributed by atoms with E-state index in [0.717, 1.165) is 0 Å². The van der Waals surface area contributed by atoms with E-state index < -0.39 is 11.4 Å². The number of amides is 1.